The summed E-state index contributed by atoms with van der Waals surface area (Å²) in [5.41, 5.74) is 5.39. The molecule has 3 aromatic rings. The van der Waals surface area contributed by atoms with Crippen LogP contribution in [0.1, 0.15) is 23.6 Å². The number of benzene rings is 2. The fourth-order valence-electron chi connectivity index (χ4n) is 3.06. The largest absolute Gasteiger partial charge is 0.245 e. The molecule has 3 nitrogen and oxygen atoms in total. The standard InChI is InChI=1S/C17H15N3/c1-2-4-13(5-3-1)14-6-8-16-15(10-14)7-9-17(16)20-12-18-11-19-20/h1-6,8,10-12,17H,7,9H2. The van der Waals surface area contributed by atoms with Crippen LogP contribution in [0.3, 0.4) is 0 Å². The summed E-state index contributed by atoms with van der Waals surface area (Å²) in [6.45, 7) is 0. The first-order chi connectivity index (χ1) is 9.92. The molecule has 2 aromatic carbocycles. The van der Waals surface area contributed by atoms with E-state index < -0.39 is 0 Å². The van der Waals surface area contributed by atoms with Gasteiger partial charge in [-0.1, -0.05) is 48.5 Å². The molecule has 0 saturated heterocycles. The maximum absolute atomic E-state index is 4.28. The second kappa shape index (κ2) is 4.60. The zero-order valence-electron chi connectivity index (χ0n) is 11.1. The molecule has 20 heavy (non-hydrogen) atoms. The van der Waals surface area contributed by atoms with E-state index in [1.54, 1.807) is 6.33 Å². The lowest BCUT2D eigenvalue weighted by molar-refractivity contribution is 0.519. The molecular weight excluding hydrogens is 246 g/mol. The van der Waals surface area contributed by atoms with Gasteiger partial charge in [-0.05, 0) is 35.1 Å². The third kappa shape index (κ3) is 1.83. The van der Waals surface area contributed by atoms with Gasteiger partial charge in [-0.15, -0.1) is 0 Å². The second-order valence-electron chi connectivity index (χ2n) is 5.21. The van der Waals surface area contributed by atoms with Gasteiger partial charge in [-0.3, -0.25) is 0 Å². The van der Waals surface area contributed by atoms with E-state index in [1.807, 2.05) is 11.0 Å². The van der Waals surface area contributed by atoms with E-state index in [9.17, 15) is 0 Å². The van der Waals surface area contributed by atoms with Gasteiger partial charge in [-0.2, -0.15) is 5.10 Å². The molecule has 0 N–H and O–H groups in total. The Bertz CT molecular complexity index is 717. The highest BCUT2D eigenvalue weighted by molar-refractivity contribution is 5.65. The van der Waals surface area contributed by atoms with Crippen molar-refractivity contribution in [1.82, 2.24) is 14.8 Å². The second-order valence-corrected chi connectivity index (χ2v) is 5.21. The SMILES string of the molecule is c1ccc(-c2ccc3c(c2)CCC3n2cncn2)cc1. The highest BCUT2D eigenvalue weighted by atomic mass is 15.3. The van der Waals surface area contributed by atoms with Crippen LogP contribution < -0.4 is 0 Å². The number of fused-ring (bicyclic) bond motifs is 1. The Labute approximate surface area is 117 Å². The number of aryl methyl sites for hydroxylation is 1. The molecule has 4 rings (SSSR count). The lowest BCUT2D eigenvalue weighted by atomic mass is 10.00. The quantitative estimate of drug-likeness (QED) is 0.707. The minimum absolute atomic E-state index is 0.345. The lowest BCUT2D eigenvalue weighted by Gasteiger charge is -2.12. The van der Waals surface area contributed by atoms with Crippen molar-refractivity contribution in [3.8, 4) is 11.1 Å². The average Bonchev–Trinajstić information content (AvgIpc) is 3.16. The average molecular weight is 261 g/mol. The predicted molar refractivity (Wildman–Crippen MR) is 78.4 cm³/mol. The Hall–Kier alpha value is -2.42. The highest BCUT2D eigenvalue weighted by Crippen LogP contribution is 2.36. The summed E-state index contributed by atoms with van der Waals surface area (Å²) >= 11 is 0. The number of hydrogen-bond donors (Lipinski definition) is 0. The summed E-state index contributed by atoms with van der Waals surface area (Å²) in [5, 5.41) is 4.28. The van der Waals surface area contributed by atoms with E-state index in [0.29, 0.717) is 6.04 Å². The summed E-state index contributed by atoms with van der Waals surface area (Å²) < 4.78 is 1.97. The van der Waals surface area contributed by atoms with Crippen molar-refractivity contribution in [3.05, 3.63) is 72.3 Å². The molecule has 0 amide bonds. The van der Waals surface area contributed by atoms with Gasteiger partial charge in [0, 0.05) is 0 Å². The zero-order chi connectivity index (χ0) is 13.4. The van der Waals surface area contributed by atoms with Crippen molar-refractivity contribution in [2.24, 2.45) is 0 Å². The molecule has 0 fully saturated rings. The van der Waals surface area contributed by atoms with Gasteiger partial charge in [-0.25, -0.2) is 9.67 Å². The Balaban J connectivity index is 1.74. The van der Waals surface area contributed by atoms with Gasteiger partial charge in [0.05, 0.1) is 6.04 Å². The van der Waals surface area contributed by atoms with E-state index in [0.717, 1.165) is 12.8 Å². The molecule has 1 heterocycles. The Morgan fingerprint density at radius 2 is 1.90 bits per heavy atom. The first kappa shape index (κ1) is 11.4. The van der Waals surface area contributed by atoms with Crippen molar-refractivity contribution in [1.29, 1.82) is 0 Å². The maximum Gasteiger partial charge on any atom is 0.137 e. The Kier molecular flexibility index (Phi) is 2.62. The summed E-state index contributed by atoms with van der Waals surface area (Å²) in [5.74, 6) is 0. The highest BCUT2D eigenvalue weighted by Gasteiger charge is 2.24. The normalized spacial score (nSPS) is 17.1. The third-order valence-electron chi connectivity index (χ3n) is 4.05. The Morgan fingerprint density at radius 3 is 2.70 bits per heavy atom. The predicted octanol–water partition coefficient (Wildman–Crippen LogP) is 3.48. The van der Waals surface area contributed by atoms with Crippen LogP contribution in [0.5, 0.6) is 0 Å². The topological polar surface area (TPSA) is 30.7 Å². The van der Waals surface area contributed by atoms with E-state index in [1.165, 1.54) is 22.3 Å². The number of rotatable bonds is 2. The summed E-state index contributed by atoms with van der Waals surface area (Å²) in [4.78, 5) is 4.06. The molecule has 1 unspecified atom stereocenters. The van der Waals surface area contributed by atoms with Gasteiger partial charge in [0.1, 0.15) is 12.7 Å². The zero-order valence-corrected chi connectivity index (χ0v) is 11.1. The maximum atomic E-state index is 4.28. The molecule has 1 atom stereocenters. The molecule has 1 aliphatic carbocycles. The van der Waals surface area contributed by atoms with Gasteiger partial charge >= 0.3 is 0 Å². The number of aromatic nitrogens is 3. The molecule has 1 aliphatic rings. The fourth-order valence-corrected chi connectivity index (χ4v) is 3.06. The van der Waals surface area contributed by atoms with Gasteiger partial charge in [0.15, 0.2) is 0 Å². The van der Waals surface area contributed by atoms with Gasteiger partial charge < -0.3 is 0 Å². The van der Waals surface area contributed by atoms with Crippen LogP contribution in [0.2, 0.25) is 0 Å². The minimum Gasteiger partial charge on any atom is -0.245 e. The van der Waals surface area contributed by atoms with Crippen molar-refractivity contribution >= 4 is 0 Å². The summed E-state index contributed by atoms with van der Waals surface area (Å²) in [6, 6.07) is 17.7. The smallest absolute Gasteiger partial charge is 0.137 e. The van der Waals surface area contributed by atoms with Crippen LogP contribution in [0, 0.1) is 0 Å². The summed E-state index contributed by atoms with van der Waals surface area (Å²) in [7, 11) is 0. The molecule has 0 bridgehead atoms. The van der Waals surface area contributed by atoms with Gasteiger partial charge in [0.2, 0.25) is 0 Å². The van der Waals surface area contributed by atoms with Crippen LogP contribution in [-0.2, 0) is 6.42 Å². The molecule has 0 spiro atoms. The molecule has 0 radical (unpaired) electrons. The van der Waals surface area contributed by atoms with E-state index in [-0.39, 0.29) is 0 Å². The van der Waals surface area contributed by atoms with E-state index in [4.69, 9.17) is 0 Å². The van der Waals surface area contributed by atoms with Crippen LogP contribution in [0.4, 0.5) is 0 Å². The molecule has 0 saturated carbocycles. The van der Waals surface area contributed by atoms with Crippen molar-refractivity contribution < 1.29 is 0 Å². The van der Waals surface area contributed by atoms with E-state index in [2.05, 4.69) is 58.6 Å². The first-order valence-electron chi connectivity index (χ1n) is 6.94. The third-order valence-corrected chi connectivity index (χ3v) is 4.05. The van der Waals surface area contributed by atoms with Gasteiger partial charge in [0.25, 0.3) is 0 Å². The number of hydrogen-bond acceptors (Lipinski definition) is 2. The summed E-state index contributed by atoms with van der Waals surface area (Å²) in [6.07, 6.45) is 5.64. The molecule has 1 aromatic heterocycles. The van der Waals surface area contributed by atoms with Crippen LogP contribution >= 0.6 is 0 Å². The van der Waals surface area contributed by atoms with Crippen molar-refractivity contribution in [2.45, 2.75) is 18.9 Å². The monoisotopic (exact) mass is 261 g/mol. The van der Waals surface area contributed by atoms with Crippen LogP contribution in [0.15, 0.2) is 61.2 Å². The molecule has 98 valence electrons. The van der Waals surface area contributed by atoms with Crippen molar-refractivity contribution in [2.75, 3.05) is 0 Å². The lowest BCUT2D eigenvalue weighted by Crippen LogP contribution is -2.07. The fraction of sp³-hybridized carbons (Fsp3) is 0.176. The Morgan fingerprint density at radius 1 is 1.00 bits per heavy atom. The minimum atomic E-state index is 0.345. The van der Waals surface area contributed by atoms with Crippen LogP contribution in [0.25, 0.3) is 11.1 Å². The van der Waals surface area contributed by atoms with Crippen LogP contribution in [-0.4, -0.2) is 14.8 Å². The number of nitrogens with zero attached hydrogens (tertiary/aromatic N) is 3. The molecule has 3 heteroatoms. The molecule has 0 aliphatic heterocycles. The van der Waals surface area contributed by atoms with Crippen molar-refractivity contribution in [3.63, 3.8) is 0 Å². The first-order valence-corrected chi connectivity index (χ1v) is 6.94. The molecular formula is C17H15N3. The van der Waals surface area contributed by atoms with E-state index >= 15 is 0 Å².